The number of hydrogen-bond donors (Lipinski definition) is 3. The minimum absolute atomic E-state index is 0.0129. The Bertz CT molecular complexity index is 1330. The zero-order valence-corrected chi connectivity index (χ0v) is 19.2. The maximum Gasteiger partial charge on any atom is 0.228 e. The molecule has 8 heteroatoms. The van der Waals surface area contributed by atoms with Gasteiger partial charge in [-0.1, -0.05) is 36.4 Å². The van der Waals surface area contributed by atoms with Gasteiger partial charge in [0.05, 0.1) is 19.1 Å². The molecule has 35 heavy (non-hydrogen) atoms. The number of nitrogens with zero attached hydrogens (tertiary/aromatic N) is 3. The van der Waals surface area contributed by atoms with Crippen LogP contribution < -0.4 is 16.1 Å². The van der Waals surface area contributed by atoms with Crippen molar-refractivity contribution < 1.29 is 9.18 Å². The molecule has 0 saturated carbocycles. The maximum absolute atomic E-state index is 13.8. The highest BCUT2D eigenvalue weighted by atomic mass is 19.1. The number of benzene rings is 2. The molecule has 0 radical (unpaired) electrons. The van der Waals surface area contributed by atoms with Crippen molar-refractivity contribution >= 4 is 24.0 Å². The third kappa shape index (κ3) is 6.24. The number of rotatable bonds is 8. The van der Waals surface area contributed by atoms with Gasteiger partial charge in [0.15, 0.2) is 0 Å². The fourth-order valence-electron chi connectivity index (χ4n) is 3.85. The molecule has 1 atom stereocenters. The summed E-state index contributed by atoms with van der Waals surface area (Å²) in [6.07, 6.45) is 7.50. The molecule has 0 spiro atoms. The lowest BCUT2D eigenvalue weighted by Crippen LogP contribution is -2.37. The Morgan fingerprint density at radius 1 is 1.11 bits per heavy atom. The third-order valence-electron chi connectivity index (χ3n) is 5.74. The molecule has 0 saturated heterocycles. The number of carbonyl (C=O) groups is 1. The molecule has 2 aromatic carbocycles. The monoisotopic (exact) mass is 470 g/mol. The van der Waals surface area contributed by atoms with Crippen LogP contribution >= 0.6 is 0 Å². The fourth-order valence-corrected chi connectivity index (χ4v) is 3.85. The summed E-state index contributed by atoms with van der Waals surface area (Å²) >= 11 is 0. The normalized spacial score (nSPS) is 15.7. The van der Waals surface area contributed by atoms with Crippen LogP contribution in [-0.2, 0) is 11.2 Å². The Morgan fingerprint density at radius 3 is 2.63 bits per heavy atom. The van der Waals surface area contributed by atoms with E-state index in [1.807, 2.05) is 42.6 Å². The van der Waals surface area contributed by atoms with Crippen LogP contribution in [0.4, 0.5) is 10.1 Å². The predicted molar refractivity (Wildman–Crippen MR) is 137 cm³/mol. The first-order valence-electron chi connectivity index (χ1n) is 11.4. The van der Waals surface area contributed by atoms with Crippen molar-refractivity contribution in [2.24, 2.45) is 10.1 Å². The van der Waals surface area contributed by atoms with Crippen molar-refractivity contribution in [2.45, 2.75) is 25.3 Å². The molecule has 1 heterocycles. The smallest absolute Gasteiger partial charge is 0.228 e. The number of aromatic nitrogens is 1. The first-order valence-corrected chi connectivity index (χ1v) is 11.4. The number of allylic oxidation sites excluding steroid dienone is 1. The van der Waals surface area contributed by atoms with Crippen molar-refractivity contribution in [1.82, 2.24) is 9.99 Å². The summed E-state index contributed by atoms with van der Waals surface area (Å²) in [4.78, 5) is 16.8. The topological polar surface area (TPSA) is 94.6 Å². The van der Waals surface area contributed by atoms with Crippen molar-refractivity contribution in [3.8, 4) is 11.1 Å². The zero-order valence-electron chi connectivity index (χ0n) is 19.2. The molecule has 1 aliphatic rings. The number of anilines is 1. The van der Waals surface area contributed by atoms with E-state index in [9.17, 15) is 9.18 Å². The number of carbonyl (C=O) groups excluding carboxylic acids is 1. The molecule has 3 N–H and O–H groups in total. The van der Waals surface area contributed by atoms with Crippen LogP contribution in [0.3, 0.4) is 0 Å². The van der Waals surface area contributed by atoms with Crippen molar-refractivity contribution in [3.05, 3.63) is 95.9 Å². The Kier molecular flexibility index (Phi) is 7.74. The van der Waals surface area contributed by atoms with Gasteiger partial charge in [0.25, 0.3) is 0 Å². The van der Waals surface area contributed by atoms with Gasteiger partial charge >= 0.3 is 0 Å². The molecular weight excluding hydrogens is 443 g/mol. The molecule has 178 valence electrons. The van der Waals surface area contributed by atoms with Crippen LogP contribution in [0.25, 0.3) is 11.1 Å². The number of halogens is 1. The van der Waals surface area contributed by atoms with Crippen LogP contribution in [0.2, 0.25) is 0 Å². The van der Waals surface area contributed by atoms with Crippen LogP contribution in [0, 0.1) is 11.2 Å². The average molecular weight is 471 g/mol. The summed E-state index contributed by atoms with van der Waals surface area (Å²) in [7, 11) is 0. The van der Waals surface area contributed by atoms with Crippen molar-refractivity contribution in [1.29, 1.82) is 5.41 Å². The van der Waals surface area contributed by atoms with Gasteiger partial charge < -0.3 is 10.7 Å². The lowest BCUT2D eigenvalue weighted by molar-refractivity contribution is -0.115. The Labute approximate surface area is 203 Å². The molecule has 0 unspecified atom stereocenters. The summed E-state index contributed by atoms with van der Waals surface area (Å²) in [6, 6.07) is 17.5. The van der Waals surface area contributed by atoms with E-state index in [0.29, 0.717) is 29.1 Å². The molecule has 1 aliphatic carbocycles. The van der Waals surface area contributed by atoms with Crippen LogP contribution in [0.15, 0.2) is 89.1 Å². The SMILES string of the molecule is C=Nn1cc(-c2ccc(NC(=O)Cc3ccccc3F)cc2)ccc1=NCN[C@H]1CCC=CC1=N. The van der Waals surface area contributed by atoms with Crippen LogP contribution in [0.5, 0.6) is 0 Å². The molecule has 1 aromatic heterocycles. The van der Waals surface area contributed by atoms with E-state index in [0.717, 1.165) is 24.0 Å². The molecule has 4 rings (SSSR count). The second-order valence-electron chi connectivity index (χ2n) is 8.16. The largest absolute Gasteiger partial charge is 0.326 e. The maximum atomic E-state index is 13.8. The number of pyridine rings is 1. The predicted octanol–water partition coefficient (Wildman–Crippen LogP) is 4.13. The molecule has 7 nitrogen and oxygen atoms in total. The van der Waals surface area contributed by atoms with Gasteiger partial charge in [-0.2, -0.15) is 5.10 Å². The van der Waals surface area contributed by atoms with Gasteiger partial charge in [-0.3, -0.25) is 15.1 Å². The van der Waals surface area contributed by atoms with Gasteiger partial charge in [-0.25, -0.2) is 9.07 Å². The molecule has 3 aromatic rings. The van der Waals surface area contributed by atoms with Gasteiger partial charge in [-0.05, 0) is 60.4 Å². The summed E-state index contributed by atoms with van der Waals surface area (Å²) in [5, 5.41) is 18.1. The Balaban J connectivity index is 1.41. The summed E-state index contributed by atoms with van der Waals surface area (Å²) < 4.78 is 15.4. The molecule has 1 amide bonds. The van der Waals surface area contributed by atoms with E-state index in [1.54, 1.807) is 35.0 Å². The Hall–Kier alpha value is -4.17. The lowest BCUT2D eigenvalue weighted by atomic mass is 10.0. The minimum Gasteiger partial charge on any atom is -0.326 e. The first-order chi connectivity index (χ1) is 17.0. The zero-order chi connectivity index (χ0) is 24.6. The van der Waals surface area contributed by atoms with Crippen molar-refractivity contribution in [2.75, 3.05) is 12.0 Å². The highest BCUT2D eigenvalue weighted by Crippen LogP contribution is 2.21. The average Bonchev–Trinajstić information content (AvgIpc) is 2.87. The van der Waals surface area contributed by atoms with Gasteiger partial charge in [0.2, 0.25) is 5.91 Å². The van der Waals surface area contributed by atoms with Crippen molar-refractivity contribution in [3.63, 3.8) is 0 Å². The molecule has 0 aliphatic heterocycles. The molecule has 0 bridgehead atoms. The van der Waals surface area contributed by atoms with E-state index in [1.165, 1.54) is 6.07 Å². The van der Waals surface area contributed by atoms with E-state index < -0.39 is 5.82 Å². The second kappa shape index (κ2) is 11.3. The summed E-state index contributed by atoms with van der Waals surface area (Å²) in [6.45, 7) is 4.01. The number of hydrogen-bond acceptors (Lipinski definition) is 5. The van der Waals surface area contributed by atoms with Gasteiger partial charge in [0.1, 0.15) is 11.3 Å². The fraction of sp³-hybridized carbons (Fsp3) is 0.185. The Morgan fingerprint density at radius 2 is 1.89 bits per heavy atom. The molecule has 0 fully saturated rings. The first kappa shape index (κ1) is 24.0. The van der Waals surface area contributed by atoms with Crippen LogP contribution in [0.1, 0.15) is 18.4 Å². The molecular formula is C27H27FN6O. The standard InChI is InChI=1S/C27H27FN6O/c1-30-34-17-21(12-15-26(34)32-18-31-25-9-5-4-8-24(25)29)19-10-13-22(14-11-19)33-27(35)16-20-6-2-3-7-23(20)28/h2-4,6-8,10-15,17,25,29,31H,1,5,9,16,18H2,(H,33,35)/t25-/m0/s1. The summed E-state index contributed by atoms with van der Waals surface area (Å²) in [5.41, 5.74) is 4.05. The third-order valence-corrected chi connectivity index (χ3v) is 5.74. The van der Waals surface area contributed by atoms with E-state index in [2.05, 4.69) is 27.4 Å². The highest BCUT2D eigenvalue weighted by Gasteiger charge is 2.13. The number of nitrogens with one attached hydrogen (secondary N) is 3. The summed E-state index contributed by atoms with van der Waals surface area (Å²) in [5.74, 6) is -0.672. The highest BCUT2D eigenvalue weighted by molar-refractivity contribution is 5.97. The van der Waals surface area contributed by atoms with Crippen LogP contribution in [-0.4, -0.2) is 35.7 Å². The van der Waals surface area contributed by atoms with E-state index in [-0.39, 0.29) is 18.4 Å². The second-order valence-corrected chi connectivity index (χ2v) is 8.16. The quantitative estimate of drug-likeness (QED) is 0.432. The van der Waals surface area contributed by atoms with Gasteiger partial charge in [0, 0.05) is 29.9 Å². The van der Waals surface area contributed by atoms with E-state index >= 15 is 0 Å². The minimum atomic E-state index is -0.390. The van der Waals surface area contributed by atoms with E-state index in [4.69, 9.17) is 5.41 Å². The number of amides is 1. The lowest BCUT2D eigenvalue weighted by Gasteiger charge is -2.19. The van der Waals surface area contributed by atoms with Gasteiger partial charge in [-0.15, -0.1) is 0 Å².